The Labute approximate surface area is 124 Å². The molecule has 0 atom stereocenters. The molecule has 0 aliphatic heterocycles. The number of benzene rings is 1. The van der Waals surface area contributed by atoms with Crippen LogP contribution in [0.4, 0.5) is 0 Å². The van der Waals surface area contributed by atoms with Crippen molar-refractivity contribution >= 4 is 27.6 Å². The maximum atomic E-state index is 10.8. The van der Waals surface area contributed by atoms with Crippen molar-refractivity contribution in [2.75, 3.05) is 7.11 Å². The summed E-state index contributed by atoms with van der Waals surface area (Å²) in [4.78, 5) is 10.8. The Bertz CT molecular complexity index is 703. The molecule has 1 aromatic heterocycles. The van der Waals surface area contributed by atoms with E-state index in [1.165, 1.54) is 6.08 Å². The molecule has 2 aromatic rings. The van der Waals surface area contributed by atoms with E-state index in [0.717, 1.165) is 21.2 Å². The number of rotatable bonds is 4. The van der Waals surface area contributed by atoms with Gasteiger partial charge in [-0.05, 0) is 0 Å². The predicted molar refractivity (Wildman–Crippen MR) is 79.5 cm³/mol. The third-order valence-electron chi connectivity index (χ3n) is 2.75. The first-order valence-corrected chi connectivity index (χ1v) is 6.81. The normalized spacial score (nSPS) is 10.7. The van der Waals surface area contributed by atoms with Crippen molar-refractivity contribution in [1.29, 1.82) is 0 Å². The third kappa shape index (κ3) is 3.26. The number of pyridine rings is 1. The molecule has 1 amide bonds. The SMILES string of the molecule is COc1ccc(-n2cccc(/C=C/C(N)=O)c2=[Se])cc1. The Morgan fingerprint density at radius 3 is 2.60 bits per heavy atom. The van der Waals surface area contributed by atoms with Crippen molar-refractivity contribution < 1.29 is 9.53 Å². The van der Waals surface area contributed by atoms with Gasteiger partial charge < -0.3 is 0 Å². The van der Waals surface area contributed by atoms with Crippen LogP contribution in [0.15, 0.2) is 48.7 Å². The number of primary amides is 1. The molecule has 20 heavy (non-hydrogen) atoms. The molecular formula is C15H14N2O2Se. The van der Waals surface area contributed by atoms with Crippen molar-refractivity contribution in [1.82, 2.24) is 4.57 Å². The first kappa shape index (κ1) is 14.3. The van der Waals surface area contributed by atoms with Crippen LogP contribution in [0.2, 0.25) is 0 Å². The van der Waals surface area contributed by atoms with Crippen LogP contribution in [0.5, 0.6) is 5.75 Å². The first-order valence-electron chi connectivity index (χ1n) is 5.95. The number of aromatic nitrogens is 1. The number of carbonyl (C=O) groups excluding carboxylic acids is 1. The number of ether oxygens (including phenoxy) is 1. The molecule has 0 bridgehead atoms. The molecule has 0 aliphatic rings. The van der Waals surface area contributed by atoms with Gasteiger partial charge in [0.1, 0.15) is 0 Å². The summed E-state index contributed by atoms with van der Waals surface area (Å²) in [5.74, 6) is 0.338. The zero-order valence-electron chi connectivity index (χ0n) is 10.9. The van der Waals surface area contributed by atoms with E-state index in [2.05, 4.69) is 15.6 Å². The Balaban J connectivity index is 2.44. The van der Waals surface area contributed by atoms with Crippen molar-refractivity contribution in [2.45, 2.75) is 0 Å². The van der Waals surface area contributed by atoms with Crippen LogP contribution in [-0.2, 0) is 4.79 Å². The van der Waals surface area contributed by atoms with Crippen LogP contribution in [0.3, 0.4) is 0 Å². The number of methoxy groups -OCH3 is 1. The van der Waals surface area contributed by atoms with Crippen molar-refractivity contribution in [2.24, 2.45) is 5.73 Å². The van der Waals surface area contributed by atoms with E-state index in [9.17, 15) is 4.79 Å². The molecule has 1 heterocycles. The van der Waals surface area contributed by atoms with E-state index in [0.29, 0.717) is 0 Å². The zero-order valence-corrected chi connectivity index (χ0v) is 12.7. The van der Waals surface area contributed by atoms with Gasteiger partial charge in [0.25, 0.3) is 0 Å². The average molecular weight is 333 g/mol. The van der Waals surface area contributed by atoms with Crippen LogP contribution in [0, 0.1) is 4.19 Å². The molecule has 0 spiro atoms. The quantitative estimate of drug-likeness (QED) is 0.684. The fraction of sp³-hybridized carbons (Fsp3) is 0.0667. The minimum absolute atomic E-state index is 0.468. The summed E-state index contributed by atoms with van der Waals surface area (Å²) in [6, 6.07) is 11.5. The summed E-state index contributed by atoms with van der Waals surface area (Å²) >= 11 is 3.02. The van der Waals surface area contributed by atoms with Crippen LogP contribution >= 0.6 is 0 Å². The monoisotopic (exact) mass is 334 g/mol. The van der Waals surface area contributed by atoms with Crippen molar-refractivity contribution in [3.8, 4) is 11.4 Å². The van der Waals surface area contributed by atoms with E-state index in [4.69, 9.17) is 10.5 Å². The van der Waals surface area contributed by atoms with Crippen LogP contribution in [-0.4, -0.2) is 33.2 Å². The molecule has 0 saturated heterocycles. The molecule has 102 valence electrons. The summed E-state index contributed by atoms with van der Waals surface area (Å²) in [6.07, 6.45) is 4.97. The summed E-state index contributed by atoms with van der Waals surface area (Å²) in [5.41, 5.74) is 7.00. The fourth-order valence-electron chi connectivity index (χ4n) is 1.76. The van der Waals surface area contributed by atoms with Crippen molar-refractivity contribution in [3.63, 3.8) is 0 Å². The summed E-state index contributed by atoms with van der Waals surface area (Å²) in [6.45, 7) is 0. The molecule has 4 nitrogen and oxygen atoms in total. The van der Waals surface area contributed by atoms with E-state index < -0.39 is 5.91 Å². The molecule has 0 radical (unpaired) electrons. The molecule has 1 aromatic carbocycles. The summed E-state index contributed by atoms with van der Waals surface area (Å²) in [7, 11) is 1.64. The van der Waals surface area contributed by atoms with Crippen LogP contribution in [0.1, 0.15) is 5.56 Å². The molecule has 0 saturated carbocycles. The Kier molecular flexibility index (Phi) is 4.56. The Morgan fingerprint density at radius 2 is 2.00 bits per heavy atom. The number of amides is 1. The minimum atomic E-state index is -0.468. The standard InChI is InChI=1S/C15H14N2O2Se/c1-19-13-7-5-12(6-8-13)17-10-2-3-11(15(17)20)4-9-14(16)18/h2-10H,1H3,(H2,16,18)/b9-4+. The molecule has 5 heteroatoms. The topological polar surface area (TPSA) is 57.2 Å². The zero-order chi connectivity index (χ0) is 14.5. The second-order valence-electron chi connectivity index (χ2n) is 4.07. The van der Waals surface area contributed by atoms with Crippen molar-refractivity contribution in [3.05, 3.63) is 58.4 Å². The molecule has 2 N–H and O–H groups in total. The number of hydrogen-bond donors (Lipinski definition) is 1. The van der Waals surface area contributed by atoms with Gasteiger partial charge in [0.15, 0.2) is 0 Å². The van der Waals surface area contributed by atoms with Gasteiger partial charge >= 0.3 is 124 Å². The van der Waals surface area contributed by atoms with E-state index in [1.807, 2.05) is 47.2 Å². The van der Waals surface area contributed by atoms with E-state index in [1.54, 1.807) is 13.2 Å². The molecule has 2 rings (SSSR count). The van der Waals surface area contributed by atoms with Crippen LogP contribution < -0.4 is 10.5 Å². The van der Waals surface area contributed by atoms with Gasteiger partial charge in [0.2, 0.25) is 0 Å². The number of carbonyl (C=O) groups is 1. The molecule has 0 unspecified atom stereocenters. The van der Waals surface area contributed by atoms with Gasteiger partial charge in [-0.2, -0.15) is 0 Å². The van der Waals surface area contributed by atoms with Gasteiger partial charge in [-0.25, -0.2) is 0 Å². The van der Waals surface area contributed by atoms with E-state index in [-0.39, 0.29) is 0 Å². The molecular weight excluding hydrogens is 319 g/mol. The number of nitrogens with zero attached hydrogens (tertiary/aromatic N) is 1. The van der Waals surface area contributed by atoms with Gasteiger partial charge in [0, 0.05) is 0 Å². The maximum absolute atomic E-state index is 10.8. The van der Waals surface area contributed by atoms with E-state index >= 15 is 0 Å². The fourth-order valence-corrected chi connectivity index (χ4v) is 2.39. The summed E-state index contributed by atoms with van der Waals surface area (Å²) in [5, 5.41) is 0. The number of nitrogens with two attached hydrogens (primary N) is 1. The first-order chi connectivity index (χ1) is 9.61. The number of hydrogen-bond acceptors (Lipinski definition) is 2. The Morgan fingerprint density at radius 1 is 1.30 bits per heavy atom. The second-order valence-corrected chi connectivity index (χ2v) is 4.88. The predicted octanol–water partition coefficient (Wildman–Crippen LogP) is 1.68. The van der Waals surface area contributed by atoms with Gasteiger partial charge in [0.05, 0.1) is 0 Å². The third-order valence-corrected chi connectivity index (χ3v) is 3.66. The average Bonchev–Trinajstić information content (AvgIpc) is 2.46. The van der Waals surface area contributed by atoms with Gasteiger partial charge in [-0.3, -0.25) is 0 Å². The molecule has 0 aliphatic carbocycles. The second kappa shape index (κ2) is 6.37. The van der Waals surface area contributed by atoms with Gasteiger partial charge in [-0.15, -0.1) is 0 Å². The van der Waals surface area contributed by atoms with Gasteiger partial charge in [-0.1, -0.05) is 0 Å². The van der Waals surface area contributed by atoms with Crippen LogP contribution in [0.25, 0.3) is 11.8 Å². The Hall–Kier alpha value is -2.10. The summed E-state index contributed by atoms with van der Waals surface area (Å²) < 4.78 is 8.03. The molecule has 0 fully saturated rings.